The Hall–Kier alpha value is -0.610. The van der Waals surface area contributed by atoms with Crippen LogP contribution in [0, 0.1) is 0 Å². The van der Waals surface area contributed by atoms with Gasteiger partial charge in [-0.15, -0.1) is 0 Å². The third kappa shape index (κ3) is 4.31. The second-order valence-corrected chi connectivity index (χ2v) is 2.41. The highest BCUT2D eigenvalue weighted by molar-refractivity contribution is 5.75. The average Bonchev–Trinajstić information content (AvgIpc) is 2.07. The van der Waals surface area contributed by atoms with E-state index in [0.29, 0.717) is 13.2 Å². The molecule has 0 aromatic heterocycles. The van der Waals surface area contributed by atoms with Crippen LogP contribution in [-0.2, 0) is 14.3 Å². The fourth-order valence-corrected chi connectivity index (χ4v) is 0.815. The largest absolute Gasteiger partial charge is 0.462 e. The third-order valence-corrected chi connectivity index (χ3v) is 1.57. The van der Waals surface area contributed by atoms with Crippen molar-refractivity contribution in [2.45, 2.75) is 19.4 Å². The van der Waals surface area contributed by atoms with E-state index in [2.05, 4.69) is 5.32 Å². The molecule has 72 valence electrons. The van der Waals surface area contributed by atoms with E-state index in [9.17, 15) is 4.79 Å². The molecule has 0 rings (SSSR count). The molecule has 0 aliphatic heterocycles. The zero-order valence-corrected chi connectivity index (χ0v) is 7.92. The molecule has 4 nitrogen and oxygen atoms in total. The van der Waals surface area contributed by atoms with Crippen molar-refractivity contribution < 1.29 is 14.3 Å². The molecule has 0 saturated heterocycles. The van der Waals surface area contributed by atoms with Crippen LogP contribution in [0.25, 0.3) is 0 Å². The van der Waals surface area contributed by atoms with Crippen LogP contribution in [0.15, 0.2) is 0 Å². The van der Waals surface area contributed by atoms with Crippen LogP contribution < -0.4 is 5.32 Å². The van der Waals surface area contributed by atoms with Gasteiger partial charge in [0.1, 0.15) is 12.6 Å². The van der Waals surface area contributed by atoms with Crippen molar-refractivity contribution in [1.82, 2.24) is 5.32 Å². The quantitative estimate of drug-likeness (QED) is 0.462. The van der Waals surface area contributed by atoms with Crippen molar-refractivity contribution >= 4 is 5.97 Å². The molecular formula is C8H17NO3. The molecule has 1 unspecified atom stereocenters. The van der Waals surface area contributed by atoms with E-state index >= 15 is 0 Å². The standard InChI is InChI=1S/C8H17NO3/c1-4-7(9-2)8(10)12-6-5-11-3/h7,9H,4-6H2,1-3H3. The van der Waals surface area contributed by atoms with Crippen molar-refractivity contribution in [3.63, 3.8) is 0 Å². The Morgan fingerprint density at radius 3 is 2.58 bits per heavy atom. The number of hydrogen-bond donors (Lipinski definition) is 1. The summed E-state index contributed by atoms with van der Waals surface area (Å²) in [7, 11) is 3.31. The van der Waals surface area contributed by atoms with E-state index in [1.54, 1.807) is 14.2 Å². The summed E-state index contributed by atoms with van der Waals surface area (Å²) in [5.41, 5.74) is 0. The first-order valence-corrected chi connectivity index (χ1v) is 4.09. The molecule has 0 heterocycles. The van der Waals surface area contributed by atoms with Crippen LogP contribution in [0.5, 0.6) is 0 Å². The molecule has 0 aromatic carbocycles. The molecule has 0 radical (unpaired) electrons. The Balaban J connectivity index is 3.54. The van der Waals surface area contributed by atoms with Gasteiger partial charge in [0.05, 0.1) is 6.61 Å². The summed E-state index contributed by atoms with van der Waals surface area (Å²) in [5, 5.41) is 2.86. The van der Waals surface area contributed by atoms with E-state index in [1.807, 2.05) is 6.92 Å². The van der Waals surface area contributed by atoms with Gasteiger partial charge in [0.25, 0.3) is 0 Å². The van der Waals surface area contributed by atoms with E-state index in [0.717, 1.165) is 6.42 Å². The zero-order valence-electron chi connectivity index (χ0n) is 7.92. The molecule has 0 amide bonds. The maximum atomic E-state index is 11.1. The summed E-state index contributed by atoms with van der Waals surface area (Å²) >= 11 is 0. The first-order chi connectivity index (χ1) is 5.76. The monoisotopic (exact) mass is 175 g/mol. The molecule has 4 heteroatoms. The van der Waals surface area contributed by atoms with E-state index < -0.39 is 0 Å². The number of methoxy groups -OCH3 is 1. The Labute approximate surface area is 73.2 Å². The molecule has 1 N–H and O–H groups in total. The summed E-state index contributed by atoms with van der Waals surface area (Å²) < 4.78 is 9.64. The first-order valence-electron chi connectivity index (χ1n) is 4.09. The maximum absolute atomic E-state index is 11.1. The van der Waals surface area contributed by atoms with Crippen LogP contribution in [-0.4, -0.2) is 39.4 Å². The van der Waals surface area contributed by atoms with Crippen molar-refractivity contribution in [1.29, 1.82) is 0 Å². The highest BCUT2D eigenvalue weighted by Gasteiger charge is 2.14. The number of hydrogen-bond acceptors (Lipinski definition) is 4. The normalized spacial score (nSPS) is 12.6. The summed E-state index contributed by atoms with van der Waals surface area (Å²) in [6.07, 6.45) is 0.738. The fourth-order valence-electron chi connectivity index (χ4n) is 0.815. The lowest BCUT2D eigenvalue weighted by Gasteiger charge is -2.12. The highest BCUT2D eigenvalue weighted by atomic mass is 16.6. The topological polar surface area (TPSA) is 47.6 Å². The lowest BCUT2D eigenvalue weighted by molar-refractivity contribution is -0.147. The highest BCUT2D eigenvalue weighted by Crippen LogP contribution is 1.93. The first kappa shape index (κ1) is 11.4. The minimum Gasteiger partial charge on any atom is -0.462 e. The summed E-state index contributed by atoms with van der Waals surface area (Å²) in [6.45, 7) is 2.71. The SMILES string of the molecule is CCC(NC)C(=O)OCCOC. The van der Waals surface area contributed by atoms with E-state index in [1.165, 1.54) is 0 Å². The Morgan fingerprint density at radius 1 is 1.50 bits per heavy atom. The Morgan fingerprint density at radius 2 is 2.17 bits per heavy atom. The van der Waals surface area contributed by atoms with Crippen molar-refractivity contribution in [2.75, 3.05) is 27.4 Å². The zero-order chi connectivity index (χ0) is 9.40. The van der Waals surface area contributed by atoms with E-state index in [-0.39, 0.29) is 12.0 Å². The number of ether oxygens (including phenoxy) is 2. The molecule has 0 aliphatic rings. The van der Waals surface area contributed by atoms with Gasteiger partial charge in [-0.2, -0.15) is 0 Å². The summed E-state index contributed by atoms with van der Waals surface area (Å²) in [6, 6.07) is -0.193. The van der Waals surface area contributed by atoms with Gasteiger partial charge >= 0.3 is 5.97 Å². The van der Waals surface area contributed by atoms with Gasteiger partial charge in [0.15, 0.2) is 0 Å². The van der Waals surface area contributed by atoms with Gasteiger partial charge < -0.3 is 14.8 Å². The lowest BCUT2D eigenvalue weighted by atomic mass is 10.2. The molecule has 0 saturated carbocycles. The molecule has 0 aromatic rings. The maximum Gasteiger partial charge on any atom is 0.323 e. The smallest absolute Gasteiger partial charge is 0.323 e. The third-order valence-electron chi connectivity index (χ3n) is 1.57. The van der Waals surface area contributed by atoms with E-state index in [4.69, 9.17) is 9.47 Å². The number of rotatable bonds is 6. The van der Waals surface area contributed by atoms with Gasteiger partial charge in [-0.25, -0.2) is 0 Å². The van der Waals surface area contributed by atoms with Crippen LogP contribution >= 0.6 is 0 Å². The number of likely N-dealkylation sites (N-methyl/N-ethyl adjacent to an activating group) is 1. The number of esters is 1. The molecular weight excluding hydrogens is 158 g/mol. The number of nitrogens with one attached hydrogen (secondary N) is 1. The van der Waals surface area contributed by atoms with Crippen molar-refractivity contribution in [3.05, 3.63) is 0 Å². The van der Waals surface area contributed by atoms with Crippen LogP contribution in [0.1, 0.15) is 13.3 Å². The van der Waals surface area contributed by atoms with Crippen molar-refractivity contribution in [2.24, 2.45) is 0 Å². The van der Waals surface area contributed by atoms with Gasteiger partial charge in [-0.05, 0) is 13.5 Å². The fraction of sp³-hybridized carbons (Fsp3) is 0.875. The minimum atomic E-state index is -0.211. The predicted molar refractivity (Wildman–Crippen MR) is 46.0 cm³/mol. The van der Waals surface area contributed by atoms with Crippen molar-refractivity contribution in [3.8, 4) is 0 Å². The van der Waals surface area contributed by atoms with Gasteiger partial charge in [0.2, 0.25) is 0 Å². The number of carbonyl (C=O) groups excluding carboxylic acids is 1. The van der Waals surface area contributed by atoms with Gasteiger partial charge in [-0.3, -0.25) is 4.79 Å². The van der Waals surface area contributed by atoms with Gasteiger partial charge in [0, 0.05) is 7.11 Å². The summed E-state index contributed by atoms with van der Waals surface area (Å²) in [4.78, 5) is 11.1. The second-order valence-electron chi connectivity index (χ2n) is 2.41. The predicted octanol–water partition coefficient (Wildman–Crippen LogP) is 0.174. The molecule has 0 fully saturated rings. The second kappa shape index (κ2) is 7.06. The summed E-state index contributed by atoms with van der Waals surface area (Å²) in [5.74, 6) is -0.211. The van der Waals surface area contributed by atoms with Crippen LogP contribution in [0.4, 0.5) is 0 Å². The average molecular weight is 175 g/mol. The minimum absolute atomic E-state index is 0.193. The molecule has 12 heavy (non-hydrogen) atoms. The molecule has 0 bridgehead atoms. The molecule has 1 atom stereocenters. The molecule has 0 spiro atoms. The molecule has 0 aliphatic carbocycles. The van der Waals surface area contributed by atoms with Gasteiger partial charge in [-0.1, -0.05) is 6.92 Å². The lowest BCUT2D eigenvalue weighted by Crippen LogP contribution is -2.35. The van der Waals surface area contributed by atoms with Crippen LogP contribution in [0.3, 0.4) is 0 Å². The van der Waals surface area contributed by atoms with Crippen LogP contribution in [0.2, 0.25) is 0 Å². The Bertz CT molecular complexity index is 123. The Kier molecular flexibility index (Phi) is 6.70. The number of carbonyl (C=O) groups is 1.